The zero-order valence-corrected chi connectivity index (χ0v) is 29.2. The monoisotopic (exact) mass is 685 g/mol. The van der Waals surface area contributed by atoms with Crippen LogP contribution in [0.25, 0.3) is 0 Å². The lowest BCUT2D eigenvalue weighted by molar-refractivity contribution is -0.0115. The zero-order valence-electron chi connectivity index (χ0n) is 28.4. The number of carbonyl (C=O) groups is 2. The quantitative estimate of drug-likeness (QED) is 0.294. The van der Waals surface area contributed by atoms with E-state index in [2.05, 4.69) is 15.2 Å². The van der Waals surface area contributed by atoms with Gasteiger partial charge in [0.05, 0.1) is 35.3 Å². The minimum absolute atomic E-state index is 0.0852. The molecule has 0 spiro atoms. The lowest BCUT2D eigenvalue weighted by Gasteiger charge is -2.35. The summed E-state index contributed by atoms with van der Waals surface area (Å²) in [6, 6.07) is 11.6. The molecule has 0 unspecified atom stereocenters. The van der Waals surface area contributed by atoms with Gasteiger partial charge in [0.25, 0.3) is 15.9 Å². The van der Waals surface area contributed by atoms with E-state index in [9.17, 15) is 23.1 Å². The minimum atomic E-state index is -3.93. The Kier molecular flexibility index (Phi) is 12.5. The van der Waals surface area contributed by atoms with Crippen molar-refractivity contribution in [3.05, 3.63) is 65.5 Å². The van der Waals surface area contributed by atoms with Crippen molar-refractivity contribution in [3.8, 4) is 5.75 Å². The van der Waals surface area contributed by atoms with E-state index in [1.54, 1.807) is 63.1 Å². The van der Waals surface area contributed by atoms with Crippen molar-refractivity contribution in [1.29, 1.82) is 0 Å². The Bertz CT molecular complexity index is 1630. The highest BCUT2D eigenvalue weighted by Crippen LogP contribution is 2.30. The largest absolute Gasteiger partial charge is 0.490 e. The topological polar surface area (TPSA) is 164 Å². The van der Waals surface area contributed by atoms with Crippen molar-refractivity contribution in [2.45, 2.75) is 77.0 Å². The number of nitrogens with one attached hydrogen (secondary N) is 2. The van der Waals surface area contributed by atoms with Crippen LogP contribution >= 0.6 is 0 Å². The summed E-state index contributed by atoms with van der Waals surface area (Å²) in [4.78, 5) is 30.7. The van der Waals surface area contributed by atoms with E-state index in [4.69, 9.17) is 14.0 Å². The van der Waals surface area contributed by atoms with Crippen molar-refractivity contribution in [2.75, 3.05) is 43.4 Å². The second kappa shape index (κ2) is 16.3. The van der Waals surface area contributed by atoms with Crippen LogP contribution in [0.4, 0.5) is 16.2 Å². The number of hydrogen-bond acceptors (Lipinski definition) is 9. The molecule has 13 nitrogen and oxygen atoms in total. The number of nitrogens with zero attached hydrogens (tertiary/aromatic N) is 3. The van der Waals surface area contributed by atoms with Crippen LogP contribution in [0.1, 0.15) is 61.8 Å². The first kappa shape index (κ1) is 36.7. The molecule has 0 bridgehead atoms. The summed E-state index contributed by atoms with van der Waals surface area (Å²) >= 11 is 0. The molecular formula is C34H47N5O8S. The Balaban J connectivity index is 1.63. The average Bonchev–Trinajstić information content (AvgIpc) is 3.38. The first-order chi connectivity index (χ1) is 22.8. The normalized spacial score (nSPS) is 20.2. The number of sulfonamides is 1. The van der Waals surface area contributed by atoms with E-state index in [1.807, 2.05) is 13.8 Å². The average molecular weight is 686 g/mol. The Labute approximate surface area is 282 Å². The number of anilines is 2. The van der Waals surface area contributed by atoms with E-state index in [0.717, 1.165) is 12.8 Å². The molecule has 4 rings (SSSR count). The molecule has 0 saturated heterocycles. The number of hydrogen-bond donors (Lipinski definition) is 3. The highest BCUT2D eigenvalue weighted by molar-refractivity contribution is 7.92. The first-order valence-corrected chi connectivity index (χ1v) is 17.7. The first-order valence-electron chi connectivity index (χ1n) is 16.2. The van der Waals surface area contributed by atoms with Crippen molar-refractivity contribution >= 4 is 33.3 Å². The number of fused-ring (bicyclic) bond motifs is 1. The summed E-state index contributed by atoms with van der Waals surface area (Å²) < 4.78 is 46.6. The van der Waals surface area contributed by atoms with Gasteiger partial charge in [-0.25, -0.2) is 13.2 Å². The van der Waals surface area contributed by atoms with Crippen LogP contribution in [-0.2, 0) is 14.8 Å². The number of aryl methyl sites for hydroxylation is 2. The molecule has 4 atom stereocenters. The zero-order chi connectivity index (χ0) is 35.0. The molecule has 0 fully saturated rings. The van der Waals surface area contributed by atoms with Gasteiger partial charge >= 0.3 is 6.03 Å². The van der Waals surface area contributed by atoms with Crippen molar-refractivity contribution in [1.82, 2.24) is 15.0 Å². The predicted octanol–water partition coefficient (Wildman–Crippen LogP) is 5.05. The summed E-state index contributed by atoms with van der Waals surface area (Å²) in [5.74, 6) is 0.104. The summed E-state index contributed by atoms with van der Waals surface area (Å²) in [7, 11) is -2.26. The number of ether oxygens (including phenoxy) is 2. The van der Waals surface area contributed by atoms with Crippen LogP contribution in [-0.4, -0.2) is 92.0 Å². The van der Waals surface area contributed by atoms with E-state index < -0.39 is 28.1 Å². The summed E-state index contributed by atoms with van der Waals surface area (Å²) in [5, 5.41) is 17.0. The van der Waals surface area contributed by atoms with Gasteiger partial charge in [0.1, 0.15) is 17.1 Å². The van der Waals surface area contributed by atoms with E-state index in [-0.39, 0.29) is 53.9 Å². The van der Waals surface area contributed by atoms with Gasteiger partial charge in [-0.1, -0.05) is 30.3 Å². The van der Waals surface area contributed by atoms with Crippen molar-refractivity contribution < 1.29 is 37.1 Å². The molecule has 3 aromatic rings. The number of rotatable bonds is 8. The van der Waals surface area contributed by atoms with Gasteiger partial charge in [0.2, 0.25) is 0 Å². The SMILES string of the molecule is Cc1noc(C)c1NC(=O)N(C)C[C@H]1OCCCC[C@H](C)Oc2ccc(NS(=O)(=O)c3ccccc3)cc2C(=O)N([C@H](C)CO)C[C@@H]1C. The minimum Gasteiger partial charge on any atom is -0.490 e. The van der Waals surface area contributed by atoms with Crippen LogP contribution in [0.2, 0.25) is 0 Å². The van der Waals surface area contributed by atoms with Gasteiger partial charge in [-0.15, -0.1) is 0 Å². The van der Waals surface area contributed by atoms with Gasteiger partial charge in [0.15, 0.2) is 5.76 Å². The molecule has 1 aliphatic rings. The van der Waals surface area contributed by atoms with Gasteiger partial charge in [-0.3, -0.25) is 9.52 Å². The molecule has 2 aromatic carbocycles. The van der Waals surface area contributed by atoms with Crippen LogP contribution in [0.5, 0.6) is 5.75 Å². The number of benzene rings is 2. The number of aliphatic hydroxyl groups excluding tert-OH is 1. The van der Waals surface area contributed by atoms with E-state index in [1.165, 1.54) is 23.1 Å². The Morgan fingerprint density at radius 2 is 1.88 bits per heavy atom. The molecule has 14 heteroatoms. The third kappa shape index (κ3) is 9.26. The summed E-state index contributed by atoms with van der Waals surface area (Å²) in [5.41, 5.74) is 1.44. The lowest BCUT2D eigenvalue weighted by atomic mass is 10.0. The number of likely N-dealkylation sites (N-methyl/N-ethyl adjacent to an activating group) is 1. The fourth-order valence-corrected chi connectivity index (χ4v) is 6.55. The van der Waals surface area contributed by atoms with Crippen LogP contribution < -0.4 is 14.8 Å². The highest BCUT2D eigenvalue weighted by atomic mass is 32.2. The molecular weight excluding hydrogens is 638 g/mol. The second-order valence-corrected chi connectivity index (χ2v) is 14.1. The van der Waals surface area contributed by atoms with Gasteiger partial charge in [-0.2, -0.15) is 0 Å². The van der Waals surface area contributed by atoms with E-state index in [0.29, 0.717) is 35.9 Å². The molecule has 3 amide bonds. The maximum absolute atomic E-state index is 14.4. The maximum atomic E-state index is 14.4. The Morgan fingerprint density at radius 3 is 2.54 bits per heavy atom. The molecule has 262 valence electrons. The number of aliphatic hydroxyl groups is 1. The highest BCUT2D eigenvalue weighted by Gasteiger charge is 2.31. The molecule has 2 heterocycles. The molecule has 0 aliphatic carbocycles. The molecule has 0 saturated carbocycles. The smallest absolute Gasteiger partial charge is 0.321 e. The summed E-state index contributed by atoms with van der Waals surface area (Å²) in [6.07, 6.45) is 1.55. The number of aromatic nitrogens is 1. The number of carbonyl (C=O) groups excluding carboxylic acids is 2. The standard InChI is InChI=1S/C34H47N5O8S/c1-22-19-39(23(2)21-40)33(41)29-18-27(37-48(43,44)28-13-8-7-9-14-28)15-16-30(29)46-24(3)12-10-11-17-45-31(22)20-38(6)34(42)35-32-25(4)36-47-26(32)5/h7-9,13-16,18,22-24,31,37,40H,10-12,17,19-21H2,1-6H3,(H,35,42)/t22-,23+,24-,31+/m0/s1. The Hall–Kier alpha value is -4.14. The van der Waals surface area contributed by atoms with E-state index >= 15 is 0 Å². The van der Waals surface area contributed by atoms with Gasteiger partial charge in [-0.05, 0) is 77.3 Å². The van der Waals surface area contributed by atoms with Crippen molar-refractivity contribution in [3.63, 3.8) is 0 Å². The fraction of sp³-hybridized carbons (Fsp3) is 0.500. The van der Waals surface area contributed by atoms with Crippen molar-refractivity contribution in [2.24, 2.45) is 5.92 Å². The molecule has 3 N–H and O–H groups in total. The molecule has 1 aliphatic heterocycles. The summed E-state index contributed by atoms with van der Waals surface area (Å²) in [6.45, 7) is 9.60. The van der Waals surface area contributed by atoms with Crippen LogP contribution in [0.3, 0.4) is 0 Å². The third-order valence-electron chi connectivity index (χ3n) is 8.42. The molecule has 48 heavy (non-hydrogen) atoms. The predicted molar refractivity (Wildman–Crippen MR) is 182 cm³/mol. The lowest BCUT2D eigenvalue weighted by Crippen LogP contribution is -2.48. The van der Waals surface area contributed by atoms with Crippen LogP contribution in [0.15, 0.2) is 57.9 Å². The van der Waals surface area contributed by atoms with Gasteiger partial charge < -0.3 is 34.2 Å². The van der Waals surface area contributed by atoms with Gasteiger partial charge in [0, 0.05) is 38.3 Å². The fourth-order valence-electron chi connectivity index (χ4n) is 5.48. The Morgan fingerprint density at radius 1 is 1.15 bits per heavy atom. The second-order valence-electron chi connectivity index (χ2n) is 12.4. The van der Waals surface area contributed by atoms with Crippen LogP contribution in [0, 0.1) is 19.8 Å². The number of urea groups is 1. The third-order valence-corrected chi connectivity index (χ3v) is 9.82. The molecule has 0 radical (unpaired) electrons. The maximum Gasteiger partial charge on any atom is 0.321 e. The molecule has 1 aromatic heterocycles. The number of amides is 3.